The van der Waals surface area contributed by atoms with Gasteiger partial charge in [-0.05, 0) is 146 Å². The molecule has 7 heteroatoms. The minimum atomic E-state index is -4.78. The fraction of sp³-hybridized carbons (Fsp3) is 0.0820. The third-order valence-corrected chi connectivity index (χ3v) is 13.1. The molecular weight excluding hydrogens is 846 g/mol. The average molecular weight is 887 g/mol. The number of nitriles is 2. The molecule has 68 heavy (non-hydrogen) atoms. The fourth-order valence-corrected chi connectivity index (χ4v) is 10.4. The molecule has 0 aliphatic rings. The molecule has 0 spiro atoms. The summed E-state index contributed by atoms with van der Waals surface area (Å²) in [6.07, 6.45) is -4.78. The highest BCUT2D eigenvalue weighted by molar-refractivity contribution is 6.12. The lowest BCUT2D eigenvalue weighted by Crippen LogP contribution is -2.08. The van der Waals surface area contributed by atoms with Crippen LogP contribution in [0.1, 0.15) is 38.9 Å². The van der Waals surface area contributed by atoms with Gasteiger partial charge < -0.3 is 9.13 Å². The van der Waals surface area contributed by atoms with Crippen LogP contribution in [0.3, 0.4) is 0 Å². The maximum absolute atomic E-state index is 15.2. The normalized spacial score (nSPS) is 11.7. The monoisotopic (exact) mass is 886 g/mol. The molecule has 0 saturated carbocycles. The van der Waals surface area contributed by atoms with Gasteiger partial charge in [0.15, 0.2) is 0 Å². The second kappa shape index (κ2) is 16.0. The van der Waals surface area contributed by atoms with Crippen LogP contribution in [0.5, 0.6) is 0 Å². The molecule has 2 heterocycles. The van der Waals surface area contributed by atoms with Crippen molar-refractivity contribution >= 4 is 43.6 Å². The Kier molecular flexibility index (Phi) is 9.92. The first-order valence-electron chi connectivity index (χ1n) is 22.4. The van der Waals surface area contributed by atoms with Crippen LogP contribution >= 0.6 is 0 Å². The SMILES string of the molecule is Cc1cc(C)cc(-c2ccc3c(c2)c2ccccc2n3-c2ccc(-c3ccc(C#N)cc3C(F)(F)F)c(-c3cc(C#N)ccc3-n3c4ccccc4c4cc(-c5cc(C)cc(C)c5)ccc43)c2)c1. The van der Waals surface area contributed by atoms with Crippen molar-refractivity contribution in [2.75, 3.05) is 0 Å². The van der Waals surface area contributed by atoms with Gasteiger partial charge in [0.25, 0.3) is 0 Å². The topological polar surface area (TPSA) is 57.4 Å². The highest BCUT2D eigenvalue weighted by Gasteiger charge is 2.35. The Hall–Kier alpha value is -8.65. The number of hydrogen-bond donors (Lipinski definition) is 0. The van der Waals surface area contributed by atoms with Crippen molar-refractivity contribution in [2.24, 2.45) is 0 Å². The number of aromatic nitrogens is 2. The Morgan fingerprint density at radius 2 is 0.868 bits per heavy atom. The van der Waals surface area contributed by atoms with E-state index in [9.17, 15) is 10.5 Å². The number of alkyl halides is 3. The smallest absolute Gasteiger partial charge is 0.309 e. The minimum absolute atomic E-state index is 0.0769. The van der Waals surface area contributed by atoms with Gasteiger partial charge in [0.2, 0.25) is 0 Å². The van der Waals surface area contributed by atoms with Crippen molar-refractivity contribution in [1.82, 2.24) is 9.13 Å². The number of nitrogens with zero attached hydrogens (tertiary/aromatic N) is 4. The molecule has 0 atom stereocenters. The molecule has 0 amide bonds. The zero-order valence-electron chi connectivity index (χ0n) is 37.7. The zero-order chi connectivity index (χ0) is 47.0. The predicted octanol–water partition coefficient (Wildman–Crippen LogP) is 16.5. The summed E-state index contributed by atoms with van der Waals surface area (Å²) in [4.78, 5) is 0. The van der Waals surface area contributed by atoms with Crippen molar-refractivity contribution < 1.29 is 13.2 Å². The van der Waals surface area contributed by atoms with Crippen LogP contribution in [0.15, 0.2) is 176 Å². The van der Waals surface area contributed by atoms with E-state index in [1.165, 1.54) is 34.4 Å². The van der Waals surface area contributed by atoms with Gasteiger partial charge in [0, 0.05) is 32.8 Å². The van der Waals surface area contributed by atoms with Gasteiger partial charge in [0.1, 0.15) is 0 Å². The number of halogens is 3. The molecule has 0 unspecified atom stereocenters. The zero-order valence-corrected chi connectivity index (χ0v) is 37.7. The Morgan fingerprint density at radius 3 is 1.43 bits per heavy atom. The quantitative estimate of drug-likeness (QED) is 0.167. The average Bonchev–Trinajstić information content (AvgIpc) is 3.84. The first-order valence-corrected chi connectivity index (χ1v) is 22.4. The van der Waals surface area contributed by atoms with Crippen LogP contribution < -0.4 is 0 Å². The lowest BCUT2D eigenvalue weighted by molar-refractivity contribution is -0.137. The van der Waals surface area contributed by atoms with Crippen LogP contribution in [0.4, 0.5) is 13.2 Å². The van der Waals surface area contributed by atoms with Crippen LogP contribution in [0, 0.1) is 50.4 Å². The number of fused-ring (bicyclic) bond motifs is 6. The van der Waals surface area contributed by atoms with Gasteiger partial charge in [-0.1, -0.05) is 119 Å². The number of aryl methyl sites for hydroxylation is 4. The van der Waals surface area contributed by atoms with E-state index < -0.39 is 11.7 Å². The lowest BCUT2D eigenvalue weighted by Gasteiger charge is -2.21. The Labute approximate surface area is 391 Å². The van der Waals surface area contributed by atoms with E-state index in [-0.39, 0.29) is 11.1 Å². The molecule has 11 rings (SSSR count). The van der Waals surface area contributed by atoms with Gasteiger partial charge >= 0.3 is 6.18 Å². The van der Waals surface area contributed by atoms with Gasteiger partial charge in [-0.15, -0.1) is 0 Å². The predicted molar refractivity (Wildman–Crippen MR) is 270 cm³/mol. The summed E-state index contributed by atoms with van der Waals surface area (Å²) in [5.41, 5.74) is 14.8. The fourth-order valence-electron chi connectivity index (χ4n) is 10.4. The summed E-state index contributed by atoms with van der Waals surface area (Å²) >= 11 is 0. The molecule has 0 radical (unpaired) electrons. The van der Waals surface area contributed by atoms with E-state index >= 15 is 13.2 Å². The van der Waals surface area contributed by atoms with E-state index in [0.717, 1.165) is 77.6 Å². The molecule has 9 aromatic carbocycles. The third-order valence-electron chi connectivity index (χ3n) is 13.1. The lowest BCUT2D eigenvalue weighted by atomic mass is 9.89. The minimum Gasteiger partial charge on any atom is -0.309 e. The number of para-hydroxylation sites is 2. The summed E-state index contributed by atoms with van der Waals surface area (Å²) in [6.45, 7) is 8.38. The van der Waals surface area contributed by atoms with Gasteiger partial charge in [-0.25, -0.2) is 0 Å². The Bertz CT molecular complexity index is 3940. The van der Waals surface area contributed by atoms with E-state index in [1.54, 1.807) is 18.2 Å². The molecule has 11 aromatic rings. The molecule has 0 N–H and O–H groups in total. The maximum Gasteiger partial charge on any atom is 0.417 e. The third kappa shape index (κ3) is 7.08. The second-order valence-electron chi connectivity index (χ2n) is 17.9. The molecule has 326 valence electrons. The van der Waals surface area contributed by atoms with Crippen molar-refractivity contribution in [2.45, 2.75) is 33.9 Å². The number of rotatable bonds is 6. The molecule has 0 aliphatic heterocycles. The first kappa shape index (κ1) is 42.0. The van der Waals surface area contributed by atoms with Gasteiger partial charge in [-0.3, -0.25) is 0 Å². The molecule has 0 aliphatic carbocycles. The Balaban J connectivity index is 1.21. The summed E-state index contributed by atoms with van der Waals surface area (Å²) in [6, 6.07) is 61.2. The van der Waals surface area contributed by atoms with Gasteiger partial charge in [-0.2, -0.15) is 23.7 Å². The second-order valence-corrected chi connectivity index (χ2v) is 17.9. The van der Waals surface area contributed by atoms with Crippen molar-refractivity contribution in [3.63, 3.8) is 0 Å². The summed E-state index contributed by atoms with van der Waals surface area (Å²) in [5, 5.41) is 24.3. The van der Waals surface area contributed by atoms with E-state index in [4.69, 9.17) is 0 Å². The molecule has 0 bridgehead atoms. The maximum atomic E-state index is 15.2. The molecule has 4 nitrogen and oxygen atoms in total. The van der Waals surface area contributed by atoms with Crippen LogP contribution in [0.2, 0.25) is 0 Å². The standard InChI is InChI=1S/C61H41F3N4/c1-36-23-37(2)26-44(25-36)42-15-21-58-53(31-42)49-9-5-7-11-56(49)67(58)46-17-19-47(48-18-13-41(35-66)30-55(48)61(62,63)64)51(33-46)52-29-40(34-65)14-20-59(52)68-57-12-8-6-10-50(57)54-32-43(16-22-60(54)68)45-27-38(3)24-39(4)28-45/h5-33H,1-4H3. The highest BCUT2D eigenvalue weighted by Crippen LogP contribution is 2.46. The molecular formula is C61H41F3N4. The van der Waals surface area contributed by atoms with Crippen molar-refractivity contribution in [3.05, 3.63) is 215 Å². The van der Waals surface area contributed by atoms with E-state index in [0.29, 0.717) is 27.9 Å². The summed E-state index contributed by atoms with van der Waals surface area (Å²) in [7, 11) is 0. The number of benzene rings is 9. The van der Waals surface area contributed by atoms with Crippen molar-refractivity contribution in [1.29, 1.82) is 10.5 Å². The van der Waals surface area contributed by atoms with Crippen LogP contribution in [0.25, 0.3) is 99.5 Å². The summed E-state index contributed by atoms with van der Waals surface area (Å²) < 4.78 is 50.0. The first-order chi connectivity index (χ1) is 32.9. The molecule has 2 aromatic heterocycles. The summed E-state index contributed by atoms with van der Waals surface area (Å²) in [5.74, 6) is 0. The van der Waals surface area contributed by atoms with Crippen LogP contribution in [-0.2, 0) is 6.18 Å². The van der Waals surface area contributed by atoms with E-state index in [2.05, 4.69) is 140 Å². The largest absolute Gasteiger partial charge is 0.417 e. The molecule has 0 fully saturated rings. The highest BCUT2D eigenvalue weighted by atomic mass is 19.4. The number of hydrogen-bond acceptors (Lipinski definition) is 2. The van der Waals surface area contributed by atoms with Gasteiger partial charge in [0.05, 0.1) is 56.6 Å². The molecule has 0 saturated heterocycles. The Morgan fingerprint density at radius 1 is 0.382 bits per heavy atom. The van der Waals surface area contributed by atoms with Crippen LogP contribution in [-0.4, -0.2) is 9.13 Å². The van der Waals surface area contributed by atoms with Crippen molar-refractivity contribution in [3.8, 4) is 68.0 Å². The van der Waals surface area contributed by atoms with E-state index in [1.807, 2.05) is 48.5 Å².